The second-order valence-electron chi connectivity index (χ2n) is 2.12. The summed E-state index contributed by atoms with van der Waals surface area (Å²) in [6.07, 6.45) is 6.69. The molecule has 0 bridgehead atoms. The molecule has 0 aromatic rings. The van der Waals surface area contributed by atoms with Crippen molar-refractivity contribution in [2.45, 2.75) is 39.0 Å². The molecule has 0 fully saturated rings. The van der Waals surface area contributed by atoms with Crippen molar-refractivity contribution in [2.75, 3.05) is 5.75 Å². The van der Waals surface area contributed by atoms with Crippen LogP contribution in [0, 0.1) is 0 Å². The quantitative estimate of drug-likeness (QED) is 0.403. The Morgan fingerprint density at radius 2 is 1.56 bits per heavy atom. The molecule has 0 aliphatic rings. The normalized spacial score (nSPS) is 8.67. The van der Waals surface area contributed by atoms with Crippen molar-refractivity contribution in [3.8, 4) is 0 Å². The Labute approximate surface area is 79.7 Å². The van der Waals surface area contributed by atoms with Crippen LogP contribution in [0.4, 0.5) is 0 Å². The maximum Gasteiger partial charge on any atom is 1.00 e. The van der Waals surface area contributed by atoms with E-state index in [0.29, 0.717) is 0 Å². The Kier molecular flexibility index (Phi) is 16.8. The summed E-state index contributed by atoms with van der Waals surface area (Å²) in [6, 6.07) is 0. The van der Waals surface area contributed by atoms with Gasteiger partial charge in [-0.25, -0.2) is 0 Å². The fourth-order valence-corrected chi connectivity index (χ4v) is 0.910. The molecule has 0 rings (SSSR count). The molecule has 0 atom stereocenters. The maximum atomic E-state index is 4.80. The van der Waals surface area contributed by atoms with E-state index < -0.39 is 0 Å². The van der Waals surface area contributed by atoms with Gasteiger partial charge in [0.1, 0.15) is 0 Å². The standard InChI is InChI=1S/C7H16S.Ag/c1-2-3-4-5-6-7-8;/h8H,2-7H2,1H3;/q;+1/p-1. The van der Waals surface area contributed by atoms with Crippen LogP contribution in [-0.2, 0) is 35.0 Å². The Morgan fingerprint density at radius 1 is 1.00 bits per heavy atom. The Bertz CT molecular complexity index is 33.9. The average Bonchev–Trinajstić information content (AvgIpc) is 1.81. The molecular weight excluding hydrogens is 224 g/mol. The molecule has 0 aliphatic carbocycles. The molecule has 0 radical (unpaired) electrons. The maximum absolute atomic E-state index is 4.80. The second-order valence-corrected chi connectivity index (χ2v) is 2.53. The van der Waals surface area contributed by atoms with Crippen LogP contribution in [-0.4, -0.2) is 5.75 Å². The van der Waals surface area contributed by atoms with E-state index >= 15 is 0 Å². The molecule has 9 heavy (non-hydrogen) atoms. The monoisotopic (exact) mass is 238 g/mol. The van der Waals surface area contributed by atoms with E-state index in [1.165, 1.54) is 32.1 Å². The zero-order chi connectivity index (χ0) is 6.24. The van der Waals surface area contributed by atoms with Crippen LogP contribution in [0.25, 0.3) is 0 Å². The van der Waals surface area contributed by atoms with Gasteiger partial charge in [0.15, 0.2) is 0 Å². The summed E-state index contributed by atoms with van der Waals surface area (Å²) in [6.45, 7) is 2.23. The number of rotatable bonds is 5. The van der Waals surface area contributed by atoms with Crippen molar-refractivity contribution < 1.29 is 22.4 Å². The smallest absolute Gasteiger partial charge is 0.793 e. The van der Waals surface area contributed by atoms with Gasteiger partial charge >= 0.3 is 22.4 Å². The molecule has 60 valence electrons. The van der Waals surface area contributed by atoms with Crippen molar-refractivity contribution in [1.82, 2.24) is 0 Å². The van der Waals surface area contributed by atoms with Crippen LogP contribution in [0.5, 0.6) is 0 Å². The van der Waals surface area contributed by atoms with Crippen molar-refractivity contribution in [2.24, 2.45) is 0 Å². The van der Waals surface area contributed by atoms with Crippen LogP contribution in [0.2, 0.25) is 0 Å². The minimum absolute atomic E-state index is 0. The molecule has 0 heterocycles. The van der Waals surface area contributed by atoms with Crippen molar-refractivity contribution in [3.63, 3.8) is 0 Å². The van der Waals surface area contributed by atoms with Crippen LogP contribution < -0.4 is 0 Å². The topological polar surface area (TPSA) is 0 Å². The third-order valence-electron chi connectivity index (χ3n) is 1.25. The van der Waals surface area contributed by atoms with Gasteiger partial charge in [-0.3, -0.25) is 0 Å². The van der Waals surface area contributed by atoms with Crippen LogP contribution in [0.15, 0.2) is 0 Å². The van der Waals surface area contributed by atoms with Crippen LogP contribution in [0.3, 0.4) is 0 Å². The summed E-state index contributed by atoms with van der Waals surface area (Å²) in [5, 5.41) is 0. The SMILES string of the molecule is CCCCCCC[S-].[Ag+]. The molecule has 0 amide bonds. The number of hydrogen-bond acceptors (Lipinski definition) is 1. The summed E-state index contributed by atoms with van der Waals surface area (Å²) in [7, 11) is 0. The number of hydrogen-bond donors (Lipinski definition) is 0. The molecule has 0 spiro atoms. The van der Waals surface area contributed by atoms with Crippen LogP contribution >= 0.6 is 0 Å². The second kappa shape index (κ2) is 11.8. The predicted molar refractivity (Wildman–Crippen MR) is 41.0 cm³/mol. The first kappa shape index (κ1) is 12.7. The Morgan fingerprint density at radius 3 is 2.00 bits per heavy atom. The fourth-order valence-electron chi connectivity index (χ4n) is 0.706. The molecule has 0 N–H and O–H groups in total. The summed E-state index contributed by atoms with van der Waals surface area (Å²) in [5.74, 6) is 0.948. The molecular formula is C7H15AgS. The largest absolute Gasteiger partial charge is 1.00 e. The van der Waals surface area contributed by atoms with Crippen molar-refractivity contribution >= 4 is 12.6 Å². The Balaban J connectivity index is 0. The Hall–Kier alpha value is 1.09. The fraction of sp³-hybridized carbons (Fsp3) is 1.00. The van der Waals surface area contributed by atoms with E-state index in [0.717, 1.165) is 5.75 Å². The summed E-state index contributed by atoms with van der Waals surface area (Å²) in [5.41, 5.74) is 0. The molecule has 0 saturated heterocycles. The van der Waals surface area contributed by atoms with Gasteiger partial charge in [0, 0.05) is 0 Å². The van der Waals surface area contributed by atoms with Gasteiger partial charge in [0.2, 0.25) is 0 Å². The average molecular weight is 239 g/mol. The first-order chi connectivity index (χ1) is 3.91. The zero-order valence-corrected chi connectivity index (χ0v) is 8.25. The number of unbranched alkanes of at least 4 members (excludes halogenated alkanes) is 4. The predicted octanol–water partition coefficient (Wildman–Crippen LogP) is 2.50. The van der Waals surface area contributed by atoms with E-state index in [9.17, 15) is 0 Å². The van der Waals surface area contributed by atoms with E-state index in [-0.39, 0.29) is 22.4 Å². The van der Waals surface area contributed by atoms with E-state index in [1.54, 1.807) is 0 Å². The molecule has 2 heteroatoms. The molecule has 0 aromatic carbocycles. The van der Waals surface area contributed by atoms with E-state index in [2.05, 4.69) is 6.92 Å². The molecule has 0 aliphatic heterocycles. The van der Waals surface area contributed by atoms with E-state index in [4.69, 9.17) is 12.6 Å². The summed E-state index contributed by atoms with van der Waals surface area (Å²) in [4.78, 5) is 0. The molecule has 0 aromatic heterocycles. The van der Waals surface area contributed by atoms with Gasteiger partial charge in [-0.05, 0) is 0 Å². The minimum atomic E-state index is 0. The van der Waals surface area contributed by atoms with Gasteiger partial charge in [-0.1, -0.05) is 39.0 Å². The molecule has 0 saturated carbocycles. The summed E-state index contributed by atoms with van der Waals surface area (Å²) < 4.78 is 0. The van der Waals surface area contributed by atoms with Gasteiger partial charge in [-0.15, -0.1) is 0 Å². The molecule has 0 unspecified atom stereocenters. The van der Waals surface area contributed by atoms with E-state index in [1.807, 2.05) is 0 Å². The first-order valence-electron chi connectivity index (χ1n) is 3.50. The van der Waals surface area contributed by atoms with Gasteiger partial charge in [0.05, 0.1) is 0 Å². The van der Waals surface area contributed by atoms with Crippen molar-refractivity contribution in [3.05, 3.63) is 0 Å². The summed E-state index contributed by atoms with van der Waals surface area (Å²) >= 11 is 4.80. The van der Waals surface area contributed by atoms with Crippen molar-refractivity contribution in [1.29, 1.82) is 0 Å². The first-order valence-corrected chi connectivity index (χ1v) is 4.07. The third-order valence-corrected chi connectivity index (χ3v) is 1.54. The van der Waals surface area contributed by atoms with Gasteiger partial charge in [0.25, 0.3) is 0 Å². The van der Waals surface area contributed by atoms with Crippen LogP contribution in [0.1, 0.15) is 39.0 Å². The zero-order valence-electron chi connectivity index (χ0n) is 5.95. The molecule has 0 nitrogen and oxygen atoms in total. The third kappa shape index (κ3) is 12.3. The van der Waals surface area contributed by atoms with Gasteiger partial charge < -0.3 is 12.6 Å². The minimum Gasteiger partial charge on any atom is -0.793 e. The van der Waals surface area contributed by atoms with Gasteiger partial charge in [-0.2, -0.15) is 5.75 Å².